The summed E-state index contributed by atoms with van der Waals surface area (Å²) in [6.45, 7) is 7.24. The summed E-state index contributed by atoms with van der Waals surface area (Å²) in [5.41, 5.74) is 4.70. The van der Waals surface area contributed by atoms with Crippen LogP contribution in [0.25, 0.3) is 11.1 Å². The molecule has 5 rings (SSSR count). The highest BCUT2D eigenvalue weighted by atomic mass is 16.5. The van der Waals surface area contributed by atoms with E-state index in [2.05, 4.69) is 11.8 Å². The van der Waals surface area contributed by atoms with E-state index in [1.165, 1.54) is 12.8 Å². The SMILES string of the molecule is CC1=C(c2cccc(O)c2)[C@H](c2ccc(OC[C@H](C)N3CCCC3)cc2)Oc2ccc(O)cc21. The van der Waals surface area contributed by atoms with Gasteiger partial charge in [0.1, 0.15) is 35.7 Å². The molecule has 5 nitrogen and oxygen atoms in total. The highest BCUT2D eigenvalue weighted by Crippen LogP contribution is 2.47. The molecular formula is C29H31NO4. The maximum absolute atomic E-state index is 10.1. The average Bonchev–Trinajstić information content (AvgIpc) is 3.38. The van der Waals surface area contributed by atoms with Crippen molar-refractivity contribution in [3.05, 3.63) is 83.4 Å². The number of hydrogen-bond donors (Lipinski definition) is 2. The molecule has 3 aromatic rings. The first-order valence-corrected chi connectivity index (χ1v) is 12.0. The third-order valence-corrected chi connectivity index (χ3v) is 6.87. The molecule has 2 aliphatic heterocycles. The van der Waals surface area contributed by atoms with Crippen LogP contribution in [0.1, 0.15) is 49.5 Å². The largest absolute Gasteiger partial charge is 0.508 e. The van der Waals surface area contributed by atoms with Gasteiger partial charge in [0.25, 0.3) is 0 Å². The number of aromatic hydroxyl groups is 2. The molecule has 176 valence electrons. The van der Waals surface area contributed by atoms with Crippen molar-refractivity contribution in [3.63, 3.8) is 0 Å². The van der Waals surface area contributed by atoms with Gasteiger partial charge in [-0.05, 0) is 98.9 Å². The minimum atomic E-state index is -0.351. The number of nitrogens with zero attached hydrogens (tertiary/aromatic N) is 1. The van der Waals surface area contributed by atoms with E-state index < -0.39 is 0 Å². The predicted molar refractivity (Wildman–Crippen MR) is 134 cm³/mol. The van der Waals surface area contributed by atoms with Gasteiger partial charge in [0, 0.05) is 17.2 Å². The van der Waals surface area contributed by atoms with Gasteiger partial charge in [-0.3, -0.25) is 4.90 Å². The van der Waals surface area contributed by atoms with Crippen LogP contribution in [-0.4, -0.2) is 40.9 Å². The van der Waals surface area contributed by atoms with Gasteiger partial charge in [-0.2, -0.15) is 0 Å². The summed E-state index contributed by atoms with van der Waals surface area (Å²) in [7, 11) is 0. The Balaban J connectivity index is 1.43. The zero-order valence-corrected chi connectivity index (χ0v) is 19.7. The van der Waals surface area contributed by atoms with E-state index in [1.807, 2.05) is 43.3 Å². The molecule has 3 aromatic carbocycles. The average molecular weight is 458 g/mol. The second-order valence-electron chi connectivity index (χ2n) is 9.24. The number of ether oxygens (including phenoxy) is 2. The first-order valence-electron chi connectivity index (χ1n) is 12.0. The zero-order valence-electron chi connectivity index (χ0n) is 19.7. The third kappa shape index (κ3) is 4.48. The Morgan fingerprint density at radius 3 is 2.44 bits per heavy atom. The van der Waals surface area contributed by atoms with Crippen molar-refractivity contribution in [2.75, 3.05) is 19.7 Å². The topological polar surface area (TPSA) is 62.2 Å². The number of phenolic OH excluding ortho intramolecular Hbond substituents is 2. The summed E-state index contributed by atoms with van der Waals surface area (Å²) >= 11 is 0. The summed E-state index contributed by atoms with van der Waals surface area (Å²) in [5.74, 6) is 1.97. The smallest absolute Gasteiger partial charge is 0.150 e. The van der Waals surface area contributed by atoms with Crippen LogP contribution < -0.4 is 9.47 Å². The van der Waals surface area contributed by atoms with E-state index in [-0.39, 0.29) is 17.6 Å². The molecule has 0 unspecified atom stereocenters. The van der Waals surface area contributed by atoms with Crippen LogP contribution in [0.4, 0.5) is 0 Å². The molecule has 2 atom stereocenters. The van der Waals surface area contributed by atoms with Crippen molar-refractivity contribution in [1.82, 2.24) is 4.90 Å². The summed E-state index contributed by atoms with van der Waals surface area (Å²) in [4.78, 5) is 2.48. The summed E-state index contributed by atoms with van der Waals surface area (Å²) < 4.78 is 12.5. The Kier molecular flexibility index (Phi) is 6.20. The van der Waals surface area contributed by atoms with Crippen molar-refractivity contribution in [2.24, 2.45) is 0 Å². The standard InChI is InChI=1S/C29H31NO4/c1-19(30-14-3-4-15-30)18-33-25-11-8-21(9-12-25)29-28(22-6-5-7-23(31)16-22)20(2)26-17-24(32)10-13-27(26)34-29/h5-13,16-17,19,29,31-32H,3-4,14-15,18H2,1-2H3/t19-,29-/m0/s1. The number of hydrogen-bond acceptors (Lipinski definition) is 5. The fraction of sp³-hybridized carbons (Fsp3) is 0.310. The van der Waals surface area contributed by atoms with Gasteiger partial charge in [0.2, 0.25) is 0 Å². The Labute approximate surface area is 200 Å². The van der Waals surface area contributed by atoms with Gasteiger partial charge < -0.3 is 19.7 Å². The van der Waals surface area contributed by atoms with Crippen LogP contribution in [0, 0.1) is 0 Å². The normalized spacial score (nSPS) is 18.9. The monoisotopic (exact) mass is 457 g/mol. The molecule has 0 amide bonds. The quantitative estimate of drug-likeness (QED) is 0.474. The first kappa shape index (κ1) is 22.4. The molecule has 2 aliphatic rings. The second-order valence-corrected chi connectivity index (χ2v) is 9.24. The minimum absolute atomic E-state index is 0.195. The molecule has 1 saturated heterocycles. The maximum Gasteiger partial charge on any atom is 0.150 e. The maximum atomic E-state index is 10.1. The molecule has 0 bridgehead atoms. The fourth-order valence-corrected chi connectivity index (χ4v) is 4.96. The van der Waals surface area contributed by atoms with Gasteiger partial charge >= 0.3 is 0 Å². The van der Waals surface area contributed by atoms with Gasteiger partial charge in [-0.1, -0.05) is 24.3 Å². The molecule has 0 radical (unpaired) electrons. The van der Waals surface area contributed by atoms with Crippen LogP contribution in [0.15, 0.2) is 66.7 Å². The first-order chi connectivity index (χ1) is 16.5. The molecule has 0 aliphatic carbocycles. The number of fused-ring (bicyclic) bond motifs is 1. The van der Waals surface area contributed by atoms with E-state index >= 15 is 0 Å². The van der Waals surface area contributed by atoms with Crippen molar-refractivity contribution >= 4 is 11.1 Å². The number of allylic oxidation sites excluding steroid dienone is 1. The van der Waals surface area contributed by atoms with Crippen LogP contribution >= 0.6 is 0 Å². The lowest BCUT2D eigenvalue weighted by molar-refractivity contribution is 0.172. The van der Waals surface area contributed by atoms with Gasteiger partial charge in [-0.15, -0.1) is 0 Å². The van der Waals surface area contributed by atoms with Gasteiger partial charge in [0.15, 0.2) is 0 Å². The zero-order chi connectivity index (χ0) is 23.7. The molecule has 2 N–H and O–H groups in total. The number of phenols is 2. The predicted octanol–water partition coefficient (Wildman–Crippen LogP) is 6.03. The molecule has 0 saturated carbocycles. The van der Waals surface area contributed by atoms with Crippen LogP contribution in [-0.2, 0) is 0 Å². The molecule has 0 aromatic heterocycles. The van der Waals surface area contributed by atoms with E-state index in [9.17, 15) is 10.2 Å². The molecule has 5 heteroatoms. The van der Waals surface area contributed by atoms with Crippen LogP contribution in [0.5, 0.6) is 23.0 Å². The summed E-state index contributed by atoms with van der Waals surface area (Å²) in [6.07, 6.45) is 2.20. The second kappa shape index (κ2) is 9.43. The fourth-order valence-electron chi connectivity index (χ4n) is 4.96. The third-order valence-electron chi connectivity index (χ3n) is 6.87. The van der Waals surface area contributed by atoms with Crippen molar-refractivity contribution in [2.45, 2.75) is 38.8 Å². The molecule has 34 heavy (non-hydrogen) atoms. The van der Waals surface area contributed by atoms with Crippen LogP contribution in [0.3, 0.4) is 0 Å². The van der Waals surface area contributed by atoms with Crippen molar-refractivity contribution < 1.29 is 19.7 Å². The van der Waals surface area contributed by atoms with E-state index in [0.29, 0.717) is 12.6 Å². The molecular weight excluding hydrogens is 426 g/mol. The van der Waals surface area contributed by atoms with Crippen molar-refractivity contribution in [3.8, 4) is 23.0 Å². The lowest BCUT2D eigenvalue weighted by atomic mass is 9.86. The summed E-state index contributed by atoms with van der Waals surface area (Å²) in [5, 5.41) is 20.2. The number of rotatable bonds is 6. The Morgan fingerprint density at radius 1 is 0.971 bits per heavy atom. The highest BCUT2D eigenvalue weighted by molar-refractivity contribution is 5.95. The highest BCUT2D eigenvalue weighted by Gasteiger charge is 2.29. The van der Waals surface area contributed by atoms with Crippen LogP contribution in [0.2, 0.25) is 0 Å². The van der Waals surface area contributed by atoms with Crippen molar-refractivity contribution in [1.29, 1.82) is 0 Å². The lowest BCUT2D eigenvalue weighted by Gasteiger charge is -2.31. The van der Waals surface area contributed by atoms with E-state index in [1.54, 1.807) is 30.3 Å². The van der Waals surface area contributed by atoms with E-state index in [0.717, 1.165) is 52.4 Å². The van der Waals surface area contributed by atoms with Gasteiger partial charge in [0.05, 0.1) is 0 Å². The van der Waals surface area contributed by atoms with Gasteiger partial charge in [-0.25, -0.2) is 0 Å². The Bertz CT molecular complexity index is 1200. The number of benzene rings is 3. The lowest BCUT2D eigenvalue weighted by Crippen LogP contribution is -2.34. The Hall–Kier alpha value is -3.44. The van der Waals surface area contributed by atoms with E-state index in [4.69, 9.17) is 9.47 Å². The minimum Gasteiger partial charge on any atom is -0.508 e. The molecule has 0 spiro atoms. The summed E-state index contributed by atoms with van der Waals surface area (Å²) in [6, 6.07) is 20.9. The Morgan fingerprint density at radius 2 is 1.71 bits per heavy atom. The number of likely N-dealkylation sites (tertiary alicyclic amines) is 1. The molecule has 1 fully saturated rings. The molecule has 2 heterocycles.